The molecule has 1 aliphatic rings. The van der Waals surface area contributed by atoms with Gasteiger partial charge in [-0.1, -0.05) is 0 Å². The Morgan fingerprint density at radius 1 is 1.43 bits per heavy atom. The lowest BCUT2D eigenvalue weighted by Gasteiger charge is -2.37. The van der Waals surface area contributed by atoms with E-state index in [0.29, 0.717) is 18.7 Å². The highest BCUT2D eigenvalue weighted by molar-refractivity contribution is 7.89. The number of nitrogens with zero attached hydrogens (tertiary/aromatic N) is 2. The SMILES string of the molecule is COc1cc(C#N)ccc1S(=O)(=O)N1CCNC(C)C1C. The fourth-order valence-corrected chi connectivity index (χ4v) is 4.28. The van der Waals surface area contributed by atoms with Crippen LogP contribution in [0, 0.1) is 11.3 Å². The highest BCUT2D eigenvalue weighted by Gasteiger charge is 2.36. The van der Waals surface area contributed by atoms with Gasteiger partial charge in [-0.05, 0) is 32.0 Å². The molecule has 1 heterocycles. The third-order valence-corrected chi connectivity index (χ3v) is 5.88. The molecule has 6 nitrogen and oxygen atoms in total. The zero-order chi connectivity index (χ0) is 15.6. The zero-order valence-electron chi connectivity index (χ0n) is 12.3. The number of ether oxygens (including phenoxy) is 1. The summed E-state index contributed by atoms with van der Waals surface area (Å²) in [5, 5.41) is 12.2. The largest absolute Gasteiger partial charge is 0.495 e. The Balaban J connectivity index is 2.47. The van der Waals surface area contributed by atoms with Crippen LogP contribution in [0.2, 0.25) is 0 Å². The molecule has 0 amide bonds. The molecular formula is C14H19N3O3S. The summed E-state index contributed by atoms with van der Waals surface area (Å²) in [6, 6.07) is 6.29. The smallest absolute Gasteiger partial charge is 0.247 e. The topological polar surface area (TPSA) is 82.4 Å². The monoisotopic (exact) mass is 309 g/mol. The van der Waals surface area contributed by atoms with Gasteiger partial charge >= 0.3 is 0 Å². The van der Waals surface area contributed by atoms with Crippen LogP contribution < -0.4 is 10.1 Å². The molecule has 1 aromatic carbocycles. The first-order chi connectivity index (χ1) is 9.91. The Kier molecular flexibility index (Phi) is 4.52. The van der Waals surface area contributed by atoms with Crippen molar-refractivity contribution in [3.63, 3.8) is 0 Å². The fourth-order valence-electron chi connectivity index (χ4n) is 2.44. The minimum atomic E-state index is -3.65. The molecule has 114 valence electrons. The van der Waals surface area contributed by atoms with Gasteiger partial charge in [0.15, 0.2) is 0 Å². The summed E-state index contributed by atoms with van der Waals surface area (Å²) in [6.07, 6.45) is 0. The summed E-state index contributed by atoms with van der Waals surface area (Å²) >= 11 is 0. The van der Waals surface area contributed by atoms with Crippen LogP contribution in [0.25, 0.3) is 0 Å². The summed E-state index contributed by atoms with van der Waals surface area (Å²) in [5.74, 6) is 0.201. The van der Waals surface area contributed by atoms with Gasteiger partial charge in [-0.25, -0.2) is 8.42 Å². The van der Waals surface area contributed by atoms with E-state index in [4.69, 9.17) is 10.00 Å². The van der Waals surface area contributed by atoms with Crippen LogP contribution in [0.4, 0.5) is 0 Å². The van der Waals surface area contributed by atoms with E-state index in [2.05, 4.69) is 5.32 Å². The van der Waals surface area contributed by atoms with Crippen molar-refractivity contribution in [2.45, 2.75) is 30.8 Å². The molecule has 1 aromatic rings. The van der Waals surface area contributed by atoms with Gasteiger partial charge in [-0.15, -0.1) is 0 Å². The van der Waals surface area contributed by atoms with E-state index in [1.165, 1.54) is 29.6 Å². The van der Waals surface area contributed by atoms with Crippen LogP contribution in [-0.2, 0) is 10.0 Å². The molecule has 1 fully saturated rings. The van der Waals surface area contributed by atoms with Crippen molar-refractivity contribution in [1.29, 1.82) is 5.26 Å². The minimum absolute atomic E-state index is 0.0814. The number of methoxy groups -OCH3 is 1. The third kappa shape index (κ3) is 2.88. The Labute approximate surface area is 125 Å². The molecule has 21 heavy (non-hydrogen) atoms. The first kappa shape index (κ1) is 15.8. The van der Waals surface area contributed by atoms with Crippen LogP contribution in [0.5, 0.6) is 5.75 Å². The van der Waals surface area contributed by atoms with Gasteiger partial charge in [-0.3, -0.25) is 0 Å². The molecule has 0 radical (unpaired) electrons. The van der Waals surface area contributed by atoms with Crippen molar-refractivity contribution < 1.29 is 13.2 Å². The number of nitrogens with one attached hydrogen (secondary N) is 1. The van der Waals surface area contributed by atoms with Gasteiger partial charge in [0.05, 0.1) is 18.7 Å². The number of benzene rings is 1. The predicted octanol–water partition coefficient (Wildman–Crippen LogP) is 0.938. The van der Waals surface area contributed by atoms with Crippen LogP contribution in [-0.4, -0.2) is 45.0 Å². The lowest BCUT2D eigenvalue weighted by atomic mass is 10.1. The lowest BCUT2D eigenvalue weighted by molar-refractivity contribution is 0.232. The Hall–Kier alpha value is -1.62. The van der Waals surface area contributed by atoms with Crippen LogP contribution in [0.3, 0.4) is 0 Å². The molecule has 1 N–H and O–H groups in total. The summed E-state index contributed by atoms with van der Waals surface area (Å²) < 4.78 is 32.4. The highest BCUT2D eigenvalue weighted by atomic mass is 32.2. The second-order valence-electron chi connectivity index (χ2n) is 5.08. The van der Waals surface area contributed by atoms with Crippen LogP contribution >= 0.6 is 0 Å². The maximum absolute atomic E-state index is 12.9. The lowest BCUT2D eigenvalue weighted by Crippen LogP contribution is -2.57. The number of hydrogen-bond donors (Lipinski definition) is 1. The molecule has 0 bridgehead atoms. The van der Waals surface area contributed by atoms with E-state index in [1.54, 1.807) is 0 Å². The minimum Gasteiger partial charge on any atom is -0.495 e. The van der Waals surface area contributed by atoms with E-state index in [1.807, 2.05) is 19.9 Å². The quantitative estimate of drug-likeness (QED) is 0.898. The summed E-state index contributed by atoms with van der Waals surface area (Å²) in [4.78, 5) is 0.102. The molecule has 0 aliphatic carbocycles. The summed E-state index contributed by atoms with van der Waals surface area (Å²) in [7, 11) is -2.25. The van der Waals surface area contributed by atoms with Crippen molar-refractivity contribution in [1.82, 2.24) is 9.62 Å². The average Bonchev–Trinajstić information content (AvgIpc) is 2.49. The Morgan fingerprint density at radius 3 is 2.76 bits per heavy atom. The molecule has 1 aliphatic heterocycles. The molecular weight excluding hydrogens is 290 g/mol. The Bertz CT molecular complexity index is 667. The number of sulfonamides is 1. The van der Waals surface area contributed by atoms with Gasteiger partial charge < -0.3 is 10.1 Å². The van der Waals surface area contributed by atoms with Crippen molar-refractivity contribution >= 4 is 10.0 Å². The van der Waals surface area contributed by atoms with E-state index >= 15 is 0 Å². The van der Waals surface area contributed by atoms with Gasteiger partial charge in [0.25, 0.3) is 0 Å². The number of hydrogen-bond acceptors (Lipinski definition) is 5. The van der Waals surface area contributed by atoms with E-state index < -0.39 is 10.0 Å². The molecule has 7 heteroatoms. The molecule has 2 atom stereocenters. The molecule has 1 saturated heterocycles. The molecule has 0 aromatic heterocycles. The van der Waals surface area contributed by atoms with Gasteiger partial charge in [0.1, 0.15) is 10.6 Å². The summed E-state index contributed by atoms with van der Waals surface area (Å²) in [5.41, 5.74) is 0.368. The third-order valence-electron chi connectivity index (χ3n) is 3.86. The van der Waals surface area contributed by atoms with Crippen molar-refractivity contribution in [2.24, 2.45) is 0 Å². The highest BCUT2D eigenvalue weighted by Crippen LogP contribution is 2.29. The first-order valence-corrected chi connectivity index (χ1v) is 8.19. The fraction of sp³-hybridized carbons (Fsp3) is 0.500. The van der Waals surface area contributed by atoms with Gasteiger partial charge in [-0.2, -0.15) is 9.57 Å². The number of rotatable bonds is 3. The normalized spacial score (nSPS) is 23.5. The van der Waals surface area contributed by atoms with Crippen LogP contribution in [0.1, 0.15) is 19.4 Å². The van der Waals surface area contributed by atoms with E-state index in [9.17, 15) is 8.42 Å². The standard InChI is InChI=1S/C14H19N3O3S/c1-10-11(2)17(7-6-16-10)21(18,19)14-5-4-12(9-15)8-13(14)20-3/h4-5,8,10-11,16H,6-7H2,1-3H3. The van der Waals surface area contributed by atoms with Gasteiger partial charge in [0, 0.05) is 25.2 Å². The van der Waals surface area contributed by atoms with E-state index in [0.717, 1.165) is 0 Å². The Morgan fingerprint density at radius 2 is 2.14 bits per heavy atom. The van der Waals surface area contributed by atoms with Crippen molar-refractivity contribution in [3.05, 3.63) is 23.8 Å². The average molecular weight is 309 g/mol. The predicted molar refractivity (Wildman–Crippen MR) is 78.5 cm³/mol. The maximum Gasteiger partial charge on any atom is 0.247 e. The van der Waals surface area contributed by atoms with Gasteiger partial charge in [0.2, 0.25) is 10.0 Å². The van der Waals surface area contributed by atoms with E-state index in [-0.39, 0.29) is 22.7 Å². The van der Waals surface area contributed by atoms with Crippen LogP contribution in [0.15, 0.2) is 23.1 Å². The summed E-state index contributed by atoms with van der Waals surface area (Å²) in [6.45, 7) is 4.87. The second-order valence-corrected chi connectivity index (χ2v) is 6.94. The molecule has 0 spiro atoms. The maximum atomic E-state index is 12.9. The van der Waals surface area contributed by atoms with Crippen molar-refractivity contribution in [3.8, 4) is 11.8 Å². The second kappa shape index (κ2) is 6.02. The number of nitriles is 1. The molecule has 2 rings (SSSR count). The zero-order valence-corrected chi connectivity index (χ0v) is 13.1. The molecule has 2 unspecified atom stereocenters. The van der Waals surface area contributed by atoms with Crippen molar-refractivity contribution in [2.75, 3.05) is 20.2 Å². The first-order valence-electron chi connectivity index (χ1n) is 6.75. The number of piperazine rings is 1. The molecule has 0 saturated carbocycles.